The number of hydrogen-bond donors (Lipinski definition) is 1. The second-order valence-corrected chi connectivity index (χ2v) is 5.75. The van der Waals surface area contributed by atoms with Crippen molar-refractivity contribution < 1.29 is 4.79 Å². The lowest BCUT2D eigenvalue weighted by atomic mass is 10.2. The third kappa shape index (κ3) is 2.94. The SMILES string of the molecule is O=C(Nc1ccc(Cl)cn1)c1cc2ccccc2c(=O)s1. The van der Waals surface area contributed by atoms with Crippen LogP contribution in [0.25, 0.3) is 10.8 Å². The predicted molar refractivity (Wildman–Crippen MR) is 85.3 cm³/mol. The summed E-state index contributed by atoms with van der Waals surface area (Å²) in [5.41, 5.74) is 0. The molecule has 0 aliphatic rings. The standard InChI is InChI=1S/C15H9ClN2O2S/c16-10-5-6-13(17-8-10)18-14(19)12-7-9-3-1-2-4-11(9)15(20)21-12/h1-8H,(H,17,18,19). The number of pyridine rings is 1. The number of nitrogens with one attached hydrogen (secondary N) is 1. The average Bonchev–Trinajstić information content (AvgIpc) is 2.49. The van der Waals surface area contributed by atoms with Crippen molar-refractivity contribution in [2.45, 2.75) is 0 Å². The highest BCUT2D eigenvalue weighted by molar-refractivity contribution is 7.12. The van der Waals surface area contributed by atoms with Gasteiger partial charge in [0.1, 0.15) is 5.82 Å². The van der Waals surface area contributed by atoms with Crippen LogP contribution in [0.4, 0.5) is 5.82 Å². The van der Waals surface area contributed by atoms with Crippen molar-refractivity contribution in [2.75, 3.05) is 5.32 Å². The Morgan fingerprint density at radius 1 is 1.19 bits per heavy atom. The maximum atomic E-state index is 12.2. The number of anilines is 1. The molecule has 1 aromatic carbocycles. The molecule has 0 bridgehead atoms. The van der Waals surface area contributed by atoms with E-state index in [0.717, 1.165) is 16.7 Å². The molecule has 3 aromatic rings. The summed E-state index contributed by atoms with van der Waals surface area (Å²) in [6.45, 7) is 0. The monoisotopic (exact) mass is 316 g/mol. The lowest BCUT2D eigenvalue weighted by molar-refractivity contribution is 0.103. The molecule has 1 amide bonds. The lowest BCUT2D eigenvalue weighted by Crippen LogP contribution is -2.13. The van der Waals surface area contributed by atoms with E-state index in [9.17, 15) is 9.59 Å². The van der Waals surface area contributed by atoms with Gasteiger partial charge in [-0.2, -0.15) is 0 Å². The highest BCUT2D eigenvalue weighted by atomic mass is 35.5. The third-order valence-electron chi connectivity index (χ3n) is 2.86. The molecule has 0 unspecified atom stereocenters. The van der Waals surface area contributed by atoms with Gasteiger partial charge in [-0.15, -0.1) is 0 Å². The fourth-order valence-corrected chi connectivity index (χ4v) is 2.81. The van der Waals surface area contributed by atoms with Gasteiger partial charge >= 0.3 is 0 Å². The Kier molecular flexibility index (Phi) is 3.68. The average molecular weight is 317 g/mol. The van der Waals surface area contributed by atoms with Crippen LogP contribution in [0.15, 0.2) is 53.5 Å². The summed E-state index contributed by atoms with van der Waals surface area (Å²) in [7, 11) is 0. The number of hydrogen-bond acceptors (Lipinski definition) is 4. The molecular formula is C15H9ClN2O2S. The molecular weight excluding hydrogens is 308 g/mol. The summed E-state index contributed by atoms with van der Waals surface area (Å²) in [5.74, 6) is 0.0230. The van der Waals surface area contributed by atoms with Gasteiger partial charge in [0.2, 0.25) is 4.74 Å². The van der Waals surface area contributed by atoms with E-state index in [0.29, 0.717) is 21.1 Å². The molecule has 2 aromatic heterocycles. The quantitative estimate of drug-likeness (QED) is 0.786. The number of nitrogens with zero attached hydrogens (tertiary/aromatic N) is 1. The van der Waals surface area contributed by atoms with Gasteiger partial charge in [0.05, 0.1) is 9.90 Å². The Bertz CT molecular complexity index is 875. The van der Waals surface area contributed by atoms with Gasteiger partial charge < -0.3 is 5.32 Å². The molecule has 21 heavy (non-hydrogen) atoms. The van der Waals surface area contributed by atoms with Crippen LogP contribution in [0, 0.1) is 0 Å². The zero-order chi connectivity index (χ0) is 14.8. The van der Waals surface area contributed by atoms with Crippen LogP contribution >= 0.6 is 22.9 Å². The Morgan fingerprint density at radius 2 is 2.00 bits per heavy atom. The fraction of sp³-hybridized carbons (Fsp3) is 0. The van der Waals surface area contributed by atoms with Crippen molar-refractivity contribution in [1.82, 2.24) is 4.98 Å². The molecule has 0 fully saturated rings. The number of carbonyl (C=O) groups excluding carboxylic acids is 1. The fourth-order valence-electron chi connectivity index (χ4n) is 1.87. The van der Waals surface area contributed by atoms with E-state index in [1.165, 1.54) is 6.20 Å². The minimum absolute atomic E-state index is 0.137. The van der Waals surface area contributed by atoms with Crippen molar-refractivity contribution in [2.24, 2.45) is 0 Å². The summed E-state index contributed by atoms with van der Waals surface area (Å²) in [5, 5.41) is 4.49. The van der Waals surface area contributed by atoms with E-state index in [2.05, 4.69) is 10.3 Å². The molecule has 104 valence electrons. The largest absolute Gasteiger partial charge is 0.306 e. The molecule has 0 spiro atoms. The Balaban J connectivity index is 1.94. The van der Waals surface area contributed by atoms with Crippen molar-refractivity contribution in [3.63, 3.8) is 0 Å². The second kappa shape index (κ2) is 5.63. The topological polar surface area (TPSA) is 59.1 Å². The number of aromatic nitrogens is 1. The first-order chi connectivity index (χ1) is 10.1. The van der Waals surface area contributed by atoms with Gasteiger partial charge in [-0.25, -0.2) is 4.98 Å². The number of amides is 1. The molecule has 0 aliphatic carbocycles. The molecule has 0 aliphatic heterocycles. The van der Waals surface area contributed by atoms with Crippen molar-refractivity contribution >= 4 is 45.4 Å². The maximum Gasteiger partial charge on any atom is 0.267 e. The maximum absolute atomic E-state index is 12.2. The molecule has 0 radical (unpaired) electrons. The summed E-state index contributed by atoms with van der Waals surface area (Å²) < 4.78 is -0.137. The van der Waals surface area contributed by atoms with Crippen LogP contribution in [0.2, 0.25) is 5.02 Å². The van der Waals surface area contributed by atoms with Crippen LogP contribution in [-0.4, -0.2) is 10.9 Å². The van der Waals surface area contributed by atoms with Crippen LogP contribution in [0.3, 0.4) is 0 Å². The number of carbonyl (C=O) groups is 1. The zero-order valence-corrected chi connectivity index (χ0v) is 12.2. The molecule has 2 heterocycles. The van der Waals surface area contributed by atoms with Gasteiger partial charge in [-0.05, 0) is 29.7 Å². The minimum Gasteiger partial charge on any atom is -0.306 e. The summed E-state index contributed by atoms with van der Waals surface area (Å²) in [6.07, 6.45) is 1.44. The van der Waals surface area contributed by atoms with Crippen LogP contribution in [0.1, 0.15) is 9.67 Å². The third-order valence-corrected chi connectivity index (χ3v) is 4.01. The number of benzene rings is 1. The number of rotatable bonds is 2. The van der Waals surface area contributed by atoms with Gasteiger partial charge in [0, 0.05) is 11.6 Å². The van der Waals surface area contributed by atoms with Crippen LogP contribution in [0.5, 0.6) is 0 Å². The van der Waals surface area contributed by atoms with E-state index in [-0.39, 0.29) is 10.6 Å². The smallest absolute Gasteiger partial charge is 0.267 e. The Hall–Kier alpha value is -2.24. The molecule has 0 atom stereocenters. The first-order valence-corrected chi connectivity index (χ1v) is 7.29. The van der Waals surface area contributed by atoms with E-state index in [4.69, 9.17) is 11.6 Å². The summed E-state index contributed by atoms with van der Waals surface area (Å²) in [4.78, 5) is 28.5. The summed E-state index contributed by atoms with van der Waals surface area (Å²) >= 11 is 6.65. The van der Waals surface area contributed by atoms with Gasteiger partial charge in [-0.1, -0.05) is 41.1 Å². The van der Waals surface area contributed by atoms with E-state index in [1.54, 1.807) is 36.4 Å². The number of fused-ring (bicyclic) bond motifs is 1. The normalized spacial score (nSPS) is 10.5. The minimum atomic E-state index is -0.363. The second-order valence-electron chi connectivity index (χ2n) is 4.30. The molecule has 6 heteroatoms. The molecule has 4 nitrogen and oxygen atoms in total. The van der Waals surface area contributed by atoms with Gasteiger partial charge in [-0.3, -0.25) is 9.59 Å². The van der Waals surface area contributed by atoms with Crippen molar-refractivity contribution in [3.05, 3.63) is 68.1 Å². The van der Waals surface area contributed by atoms with Crippen LogP contribution in [-0.2, 0) is 0 Å². The first kappa shape index (κ1) is 13.7. The van der Waals surface area contributed by atoms with Gasteiger partial charge in [0.25, 0.3) is 5.91 Å². The number of halogens is 1. The van der Waals surface area contributed by atoms with Crippen molar-refractivity contribution in [1.29, 1.82) is 0 Å². The lowest BCUT2D eigenvalue weighted by Gasteiger charge is -2.04. The molecule has 1 N–H and O–H groups in total. The Morgan fingerprint density at radius 3 is 2.76 bits per heavy atom. The highest BCUT2D eigenvalue weighted by Gasteiger charge is 2.11. The van der Waals surface area contributed by atoms with Gasteiger partial charge in [0.15, 0.2) is 0 Å². The first-order valence-electron chi connectivity index (χ1n) is 6.09. The zero-order valence-electron chi connectivity index (χ0n) is 10.7. The molecule has 3 rings (SSSR count). The highest BCUT2D eigenvalue weighted by Crippen LogP contribution is 2.17. The molecule has 0 saturated heterocycles. The van der Waals surface area contributed by atoms with E-state index < -0.39 is 0 Å². The van der Waals surface area contributed by atoms with E-state index in [1.807, 2.05) is 6.07 Å². The van der Waals surface area contributed by atoms with Crippen molar-refractivity contribution in [3.8, 4) is 0 Å². The Labute approximate surface area is 129 Å². The van der Waals surface area contributed by atoms with Crippen LogP contribution < -0.4 is 10.1 Å². The van der Waals surface area contributed by atoms with E-state index >= 15 is 0 Å². The predicted octanol–water partition coefficient (Wildman–Crippen LogP) is 3.56. The summed E-state index contributed by atoms with van der Waals surface area (Å²) in [6, 6.07) is 12.1. The molecule has 0 saturated carbocycles.